The van der Waals surface area contributed by atoms with Gasteiger partial charge in [0.05, 0.1) is 13.2 Å². The van der Waals surface area contributed by atoms with Crippen molar-refractivity contribution in [2.24, 2.45) is 0 Å². The van der Waals surface area contributed by atoms with Gasteiger partial charge in [0.25, 0.3) is 0 Å². The number of hydrogen-bond acceptors (Lipinski definition) is 10. The molecule has 6 atom stereocenters. The fraction of sp³-hybridized carbons (Fsp3) is 0.920. The fourth-order valence-corrected chi connectivity index (χ4v) is 7.89. The van der Waals surface area contributed by atoms with E-state index < -0.39 is 49.4 Å². The van der Waals surface area contributed by atoms with Crippen LogP contribution in [0.25, 0.3) is 0 Å². The van der Waals surface area contributed by atoms with Crippen LogP contribution in [-0.4, -0.2) is 89.0 Å². The number of allylic oxidation sites excluding steroid dienone is 2. The van der Waals surface area contributed by atoms with E-state index in [1.807, 2.05) is 0 Å². The zero-order valence-electron chi connectivity index (χ0n) is 38.7. The molecular weight excluding hydrogens is 761 g/mol. The molecule has 1 fully saturated rings. The van der Waals surface area contributed by atoms with Gasteiger partial charge in [-0.05, 0) is 38.5 Å². The molecule has 0 spiro atoms. The lowest BCUT2D eigenvalue weighted by Gasteiger charge is -2.39. The lowest BCUT2D eigenvalue weighted by atomic mass is 9.99. The summed E-state index contributed by atoms with van der Waals surface area (Å²) < 4.78 is 22.2. The normalized spacial score (nSPS) is 19.9. The Morgan fingerprint density at radius 3 is 1.30 bits per heavy atom. The predicted octanol–water partition coefficient (Wildman–Crippen LogP) is 11.5. The monoisotopic (exact) mass is 855 g/mol. The van der Waals surface area contributed by atoms with E-state index in [-0.39, 0.29) is 32.0 Å². The van der Waals surface area contributed by atoms with Gasteiger partial charge >= 0.3 is 11.9 Å². The molecule has 10 nitrogen and oxygen atoms in total. The van der Waals surface area contributed by atoms with Gasteiger partial charge in [-0.25, -0.2) is 0 Å². The summed E-state index contributed by atoms with van der Waals surface area (Å²) in [5, 5.41) is 40.2. The van der Waals surface area contributed by atoms with E-state index in [2.05, 4.69) is 26.0 Å². The summed E-state index contributed by atoms with van der Waals surface area (Å²) in [5.41, 5.74) is 0. The molecule has 0 amide bonds. The Labute approximate surface area is 367 Å². The fourth-order valence-electron chi connectivity index (χ4n) is 7.89. The quantitative estimate of drug-likeness (QED) is 0.0265. The standard InChI is InChI=1S/C50H94O10/c1-3-5-7-9-11-13-15-17-19-21-22-23-25-27-29-31-33-35-37-39-46(53)59-43(42-58-50-49(56)48(55)47(54)44(40-51)60-50)41-57-45(52)38-36-34-32-30-28-26-24-20-18-16-14-12-10-8-6-4-2/h17,19,43-44,47-51,54-56H,3-16,18,20-42H2,1-2H3/b19-17-. The summed E-state index contributed by atoms with van der Waals surface area (Å²) in [6, 6.07) is 0. The van der Waals surface area contributed by atoms with Crippen molar-refractivity contribution in [3.05, 3.63) is 12.2 Å². The molecule has 60 heavy (non-hydrogen) atoms. The first kappa shape index (κ1) is 56.5. The van der Waals surface area contributed by atoms with Crippen molar-refractivity contribution in [1.82, 2.24) is 0 Å². The van der Waals surface area contributed by atoms with E-state index in [0.717, 1.165) is 38.5 Å². The first-order valence-corrected chi connectivity index (χ1v) is 25.3. The van der Waals surface area contributed by atoms with Crippen LogP contribution in [0.5, 0.6) is 0 Å². The van der Waals surface area contributed by atoms with Crippen molar-refractivity contribution in [3.8, 4) is 0 Å². The van der Waals surface area contributed by atoms with Crippen LogP contribution in [0.2, 0.25) is 0 Å². The number of aliphatic hydroxyl groups is 4. The van der Waals surface area contributed by atoms with Gasteiger partial charge in [-0.15, -0.1) is 0 Å². The minimum Gasteiger partial charge on any atom is -0.462 e. The van der Waals surface area contributed by atoms with E-state index in [1.165, 1.54) is 167 Å². The molecule has 1 aliphatic heterocycles. The van der Waals surface area contributed by atoms with Crippen LogP contribution < -0.4 is 0 Å². The first-order valence-electron chi connectivity index (χ1n) is 25.3. The topological polar surface area (TPSA) is 152 Å². The summed E-state index contributed by atoms with van der Waals surface area (Å²) in [7, 11) is 0. The van der Waals surface area contributed by atoms with Crippen LogP contribution in [0.4, 0.5) is 0 Å². The van der Waals surface area contributed by atoms with Gasteiger partial charge in [-0.3, -0.25) is 9.59 Å². The number of ether oxygens (including phenoxy) is 4. The lowest BCUT2D eigenvalue weighted by molar-refractivity contribution is -0.305. The highest BCUT2D eigenvalue weighted by Crippen LogP contribution is 2.23. The van der Waals surface area contributed by atoms with Crippen LogP contribution in [0.1, 0.15) is 239 Å². The Hall–Kier alpha value is -1.56. The second kappa shape index (κ2) is 41.5. The number of carbonyl (C=O) groups is 2. The molecule has 1 aliphatic rings. The smallest absolute Gasteiger partial charge is 0.306 e. The maximum atomic E-state index is 12.8. The van der Waals surface area contributed by atoms with Crippen molar-refractivity contribution >= 4 is 11.9 Å². The van der Waals surface area contributed by atoms with Crippen LogP contribution in [0, 0.1) is 0 Å². The van der Waals surface area contributed by atoms with Crippen molar-refractivity contribution in [2.45, 2.75) is 275 Å². The Bertz CT molecular complexity index is 990. The van der Waals surface area contributed by atoms with Crippen molar-refractivity contribution in [1.29, 1.82) is 0 Å². The maximum absolute atomic E-state index is 12.8. The van der Waals surface area contributed by atoms with E-state index in [1.54, 1.807) is 0 Å². The zero-order valence-corrected chi connectivity index (χ0v) is 38.7. The SMILES string of the molecule is CCCCCCCC/C=C\CCCCCCCCCCCC(=O)OC(COC(=O)CCCCCCCCCCCCCCCCCC)COC1OC(CO)C(O)C(O)C1O. The zero-order chi connectivity index (χ0) is 43.7. The van der Waals surface area contributed by atoms with E-state index in [9.17, 15) is 30.0 Å². The molecule has 1 heterocycles. The molecule has 0 radical (unpaired) electrons. The van der Waals surface area contributed by atoms with Gasteiger partial charge in [0.1, 0.15) is 31.0 Å². The molecule has 0 aromatic rings. The van der Waals surface area contributed by atoms with Crippen molar-refractivity contribution in [2.75, 3.05) is 19.8 Å². The number of hydrogen-bond donors (Lipinski definition) is 4. The maximum Gasteiger partial charge on any atom is 0.306 e. The molecule has 1 saturated heterocycles. The highest BCUT2D eigenvalue weighted by Gasteiger charge is 2.44. The molecule has 6 unspecified atom stereocenters. The van der Waals surface area contributed by atoms with Gasteiger partial charge in [-0.2, -0.15) is 0 Å². The number of carbonyl (C=O) groups excluding carboxylic acids is 2. The highest BCUT2D eigenvalue weighted by molar-refractivity contribution is 5.70. The molecule has 0 saturated carbocycles. The number of unbranched alkanes of at least 4 members (excludes halogenated alkanes) is 30. The molecule has 0 aromatic carbocycles. The lowest BCUT2D eigenvalue weighted by Crippen LogP contribution is -2.59. The Morgan fingerprint density at radius 1 is 0.500 bits per heavy atom. The predicted molar refractivity (Wildman–Crippen MR) is 243 cm³/mol. The average Bonchev–Trinajstić information content (AvgIpc) is 3.25. The molecule has 354 valence electrons. The second-order valence-electron chi connectivity index (χ2n) is 17.6. The highest BCUT2D eigenvalue weighted by atomic mass is 16.7. The minimum absolute atomic E-state index is 0.212. The third-order valence-electron chi connectivity index (χ3n) is 11.9. The largest absolute Gasteiger partial charge is 0.462 e. The number of rotatable bonds is 43. The van der Waals surface area contributed by atoms with E-state index in [0.29, 0.717) is 6.42 Å². The summed E-state index contributed by atoms with van der Waals surface area (Å²) in [5.74, 6) is -0.794. The first-order chi connectivity index (χ1) is 29.3. The third-order valence-corrected chi connectivity index (χ3v) is 11.9. The van der Waals surface area contributed by atoms with E-state index >= 15 is 0 Å². The van der Waals surface area contributed by atoms with Crippen molar-refractivity contribution < 1.29 is 49.0 Å². The van der Waals surface area contributed by atoms with E-state index in [4.69, 9.17) is 18.9 Å². The molecule has 10 heteroatoms. The van der Waals surface area contributed by atoms with Crippen LogP contribution in [0.15, 0.2) is 12.2 Å². The molecule has 0 bridgehead atoms. The molecule has 0 aromatic heterocycles. The summed E-state index contributed by atoms with van der Waals surface area (Å²) in [4.78, 5) is 25.4. The van der Waals surface area contributed by atoms with Crippen LogP contribution in [-0.2, 0) is 28.5 Å². The molecular formula is C50H94O10. The van der Waals surface area contributed by atoms with Crippen LogP contribution in [0.3, 0.4) is 0 Å². The summed E-state index contributed by atoms with van der Waals surface area (Å²) >= 11 is 0. The van der Waals surface area contributed by atoms with Gasteiger partial charge < -0.3 is 39.4 Å². The molecule has 4 N–H and O–H groups in total. The number of aliphatic hydroxyl groups excluding tert-OH is 4. The molecule has 0 aliphatic carbocycles. The number of esters is 2. The molecule has 1 rings (SSSR count). The Balaban J connectivity index is 2.26. The van der Waals surface area contributed by atoms with Gasteiger partial charge in [0, 0.05) is 12.8 Å². The van der Waals surface area contributed by atoms with Gasteiger partial charge in [0.15, 0.2) is 12.4 Å². The third kappa shape index (κ3) is 32.2. The van der Waals surface area contributed by atoms with Gasteiger partial charge in [-0.1, -0.05) is 199 Å². The average molecular weight is 855 g/mol. The second-order valence-corrected chi connectivity index (χ2v) is 17.6. The minimum atomic E-state index is -1.59. The van der Waals surface area contributed by atoms with Crippen molar-refractivity contribution in [3.63, 3.8) is 0 Å². The van der Waals surface area contributed by atoms with Crippen LogP contribution >= 0.6 is 0 Å². The Kier molecular flexibility index (Phi) is 39.0. The summed E-state index contributed by atoms with van der Waals surface area (Å²) in [6.07, 6.45) is 37.8. The Morgan fingerprint density at radius 2 is 0.883 bits per heavy atom. The van der Waals surface area contributed by atoms with Gasteiger partial charge in [0.2, 0.25) is 0 Å². The summed E-state index contributed by atoms with van der Waals surface area (Å²) in [6.45, 7) is 3.46.